The molecule has 2 nitrogen and oxygen atoms in total. The lowest BCUT2D eigenvalue weighted by atomic mass is 10.0. The summed E-state index contributed by atoms with van der Waals surface area (Å²) in [6, 6.07) is 0.516. The van der Waals surface area contributed by atoms with Crippen LogP contribution in [-0.2, 0) is 0 Å². The van der Waals surface area contributed by atoms with Gasteiger partial charge in [-0.25, -0.2) is 4.98 Å². The summed E-state index contributed by atoms with van der Waals surface area (Å²) in [5, 5.41) is 6.43. The topological polar surface area (TPSA) is 24.9 Å². The minimum absolute atomic E-state index is 0.516. The van der Waals surface area contributed by atoms with E-state index in [-0.39, 0.29) is 0 Å². The maximum atomic E-state index is 4.32. The van der Waals surface area contributed by atoms with Gasteiger partial charge in [0.2, 0.25) is 0 Å². The summed E-state index contributed by atoms with van der Waals surface area (Å²) in [7, 11) is 0. The average molecular weight is 291 g/mol. The molecule has 0 aliphatic carbocycles. The molecule has 0 bridgehead atoms. The van der Waals surface area contributed by atoms with Crippen molar-refractivity contribution in [2.75, 3.05) is 5.32 Å². The van der Waals surface area contributed by atoms with Gasteiger partial charge in [0.15, 0.2) is 5.13 Å². The quantitative estimate of drug-likeness (QED) is 0.832. The fourth-order valence-corrected chi connectivity index (χ4v) is 2.69. The van der Waals surface area contributed by atoms with Crippen molar-refractivity contribution in [3.8, 4) is 0 Å². The predicted octanol–water partition coefficient (Wildman–Crippen LogP) is 4.53. The number of nitrogens with one attached hydrogen (secondary N) is 1. The molecule has 1 aromatic heterocycles. The third-order valence-corrected chi connectivity index (χ3v) is 3.75. The average Bonchev–Trinajstić information content (AvgIpc) is 2.50. The van der Waals surface area contributed by atoms with Crippen molar-refractivity contribution >= 4 is 32.4 Å². The van der Waals surface area contributed by atoms with Gasteiger partial charge in [-0.3, -0.25) is 0 Å². The Kier molecular flexibility index (Phi) is 5.61. The number of hydrogen-bond donors (Lipinski definition) is 1. The number of hydrogen-bond acceptors (Lipinski definition) is 3. The molecule has 0 aliphatic rings. The monoisotopic (exact) mass is 290 g/mol. The number of aromatic nitrogens is 1. The third kappa shape index (κ3) is 5.52. The summed E-state index contributed by atoms with van der Waals surface area (Å²) in [5.74, 6) is 0.811. The molecule has 0 fully saturated rings. The minimum Gasteiger partial charge on any atom is -0.359 e. The Bertz CT molecular complexity index is 286. The molecule has 1 heterocycles. The Hall–Kier alpha value is -0.0900. The van der Waals surface area contributed by atoms with Crippen LogP contribution in [0.25, 0.3) is 0 Å². The van der Waals surface area contributed by atoms with Gasteiger partial charge in [0, 0.05) is 11.4 Å². The van der Waals surface area contributed by atoms with E-state index in [9.17, 15) is 0 Å². The summed E-state index contributed by atoms with van der Waals surface area (Å²) in [6.07, 6.45) is 3.82. The molecule has 86 valence electrons. The van der Waals surface area contributed by atoms with Gasteiger partial charge in [0.25, 0.3) is 0 Å². The second kappa shape index (κ2) is 6.48. The molecular formula is C11H19BrN2S. The van der Waals surface area contributed by atoms with Crippen molar-refractivity contribution in [2.24, 2.45) is 5.92 Å². The molecule has 1 rings (SSSR count). The van der Waals surface area contributed by atoms with Crippen molar-refractivity contribution in [3.05, 3.63) is 9.98 Å². The summed E-state index contributed by atoms with van der Waals surface area (Å²) in [6.45, 7) is 6.77. The lowest BCUT2D eigenvalue weighted by Crippen LogP contribution is -2.14. The number of rotatable bonds is 6. The maximum absolute atomic E-state index is 4.32. The molecule has 0 saturated heterocycles. The highest BCUT2D eigenvalue weighted by molar-refractivity contribution is 9.10. The molecule has 0 saturated carbocycles. The summed E-state index contributed by atoms with van der Waals surface area (Å²) < 4.78 is 0.921. The molecule has 1 unspecified atom stereocenters. The van der Waals surface area contributed by atoms with Crippen LogP contribution < -0.4 is 5.32 Å². The van der Waals surface area contributed by atoms with Crippen molar-refractivity contribution in [1.29, 1.82) is 0 Å². The van der Waals surface area contributed by atoms with Gasteiger partial charge in [0.05, 0.1) is 0 Å². The standard InChI is InChI=1S/C11H19BrN2S/c1-8(2)5-4-6-9(3)13-11-14-10(12)7-15-11/h7-9H,4-6H2,1-3H3,(H,13,14). The molecule has 1 aromatic rings. The predicted molar refractivity (Wildman–Crippen MR) is 71.6 cm³/mol. The molecule has 0 spiro atoms. The number of halogens is 1. The van der Waals surface area contributed by atoms with Gasteiger partial charge in [-0.15, -0.1) is 11.3 Å². The van der Waals surface area contributed by atoms with E-state index in [0.29, 0.717) is 6.04 Å². The van der Waals surface area contributed by atoms with Crippen LogP contribution in [0.15, 0.2) is 9.98 Å². The van der Waals surface area contributed by atoms with Crippen LogP contribution in [0.3, 0.4) is 0 Å². The zero-order valence-electron chi connectivity index (χ0n) is 9.59. The van der Waals surface area contributed by atoms with Gasteiger partial charge >= 0.3 is 0 Å². The van der Waals surface area contributed by atoms with Crippen LogP contribution in [0.4, 0.5) is 5.13 Å². The lowest BCUT2D eigenvalue weighted by molar-refractivity contribution is 0.520. The fraction of sp³-hybridized carbons (Fsp3) is 0.727. The normalized spacial score (nSPS) is 13.1. The van der Waals surface area contributed by atoms with E-state index in [1.165, 1.54) is 19.3 Å². The molecule has 1 atom stereocenters. The Morgan fingerprint density at radius 2 is 2.13 bits per heavy atom. The maximum Gasteiger partial charge on any atom is 0.183 e. The van der Waals surface area contributed by atoms with Gasteiger partial charge in [-0.1, -0.05) is 26.7 Å². The largest absolute Gasteiger partial charge is 0.359 e. The number of nitrogens with zero attached hydrogens (tertiary/aromatic N) is 1. The minimum atomic E-state index is 0.516. The van der Waals surface area contributed by atoms with E-state index < -0.39 is 0 Å². The van der Waals surface area contributed by atoms with Crippen molar-refractivity contribution in [2.45, 2.75) is 46.1 Å². The van der Waals surface area contributed by atoms with Crippen molar-refractivity contribution in [1.82, 2.24) is 4.98 Å². The molecule has 15 heavy (non-hydrogen) atoms. The highest BCUT2D eigenvalue weighted by Gasteiger charge is 2.05. The first-order valence-corrected chi connectivity index (χ1v) is 7.12. The van der Waals surface area contributed by atoms with E-state index >= 15 is 0 Å². The molecule has 0 radical (unpaired) electrons. The van der Waals surface area contributed by atoms with E-state index in [1.54, 1.807) is 11.3 Å². The summed E-state index contributed by atoms with van der Waals surface area (Å²) >= 11 is 5.00. The molecule has 4 heteroatoms. The molecule has 0 aliphatic heterocycles. The number of thiazole rings is 1. The zero-order chi connectivity index (χ0) is 11.3. The molecule has 1 N–H and O–H groups in total. The van der Waals surface area contributed by atoms with Crippen LogP contribution >= 0.6 is 27.3 Å². The Morgan fingerprint density at radius 1 is 1.40 bits per heavy atom. The van der Waals surface area contributed by atoms with Crippen molar-refractivity contribution in [3.63, 3.8) is 0 Å². The van der Waals surface area contributed by atoms with Crippen LogP contribution in [0.1, 0.15) is 40.0 Å². The first-order chi connectivity index (χ1) is 7.08. The fourth-order valence-electron chi connectivity index (χ4n) is 1.44. The van der Waals surface area contributed by atoms with E-state index in [2.05, 4.69) is 47.0 Å². The van der Waals surface area contributed by atoms with Gasteiger partial charge < -0.3 is 5.32 Å². The summed E-state index contributed by atoms with van der Waals surface area (Å²) in [5.41, 5.74) is 0. The smallest absolute Gasteiger partial charge is 0.183 e. The SMILES string of the molecule is CC(C)CCCC(C)Nc1nc(Br)cs1. The Labute approximate surface area is 105 Å². The second-order valence-electron chi connectivity index (χ2n) is 4.35. The van der Waals surface area contributed by atoms with Crippen molar-refractivity contribution < 1.29 is 0 Å². The first-order valence-electron chi connectivity index (χ1n) is 5.45. The van der Waals surface area contributed by atoms with Crippen LogP contribution in [-0.4, -0.2) is 11.0 Å². The van der Waals surface area contributed by atoms with Gasteiger partial charge in [-0.05, 0) is 35.2 Å². The highest BCUT2D eigenvalue weighted by atomic mass is 79.9. The van der Waals surface area contributed by atoms with Crippen LogP contribution in [0.2, 0.25) is 0 Å². The number of anilines is 1. The third-order valence-electron chi connectivity index (χ3n) is 2.26. The van der Waals surface area contributed by atoms with Crippen LogP contribution in [0.5, 0.6) is 0 Å². The first kappa shape index (κ1) is 13.0. The molecule has 0 aromatic carbocycles. The second-order valence-corrected chi connectivity index (χ2v) is 6.02. The molecule has 0 amide bonds. The van der Waals surface area contributed by atoms with Gasteiger partial charge in [0.1, 0.15) is 4.60 Å². The molecular weight excluding hydrogens is 272 g/mol. The van der Waals surface area contributed by atoms with E-state index in [1.807, 2.05) is 5.38 Å². The van der Waals surface area contributed by atoms with E-state index in [0.717, 1.165) is 15.7 Å². The van der Waals surface area contributed by atoms with Gasteiger partial charge in [-0.2, -0.15) is 0 Å². The Balaban J connectivity index is 2.21. The highest BCUT2D eigenvalue weighted by Crippen LogP contribution is 2.21. The lowest BCUT2D eigenvalue weighted by Gasteiger charge is -2.13. The van der Waals surface area contributed by atoms with E-state index in [4.69, 9.17) is 0 Å². The summed E-state index contributed by atoms with van der Waals surface area (Å²) in [4.78, 5) is 4.32. The Morgan fingerprint density at radius 3 is 2.67 bits per heavy atom. The van der Waals surface area contributed by atoms with Crippen LogP contribution in [0, 0.1) is 5.92 Å². The zero-order valence-corrected chi connectivity index (χ0v) is 12.0.